The highest BCUT2D eigenvalue weighted by Crippen LogP contribution is 2.35. The van der Waals surface area contributed by atoms with Gasteiger partial charge >= 0.3 is 0 Å². The van der Waals surface area contributed by atoms with Crippen molar-refractivity contribution in [3.63, 3.8) is 0 Å². The number of rotatable bonds is 16. The molecule has 6 N–H and O–H groups in total. The van der Waals surface area contributed by atoms with Crippen molar-refractivity contribution in [1.29, 1.82) is 0 Å². The van der Waals surface area contributed by atoms with Crippen LogP contribution in [0.5, 0.6) is 11.5 Å². The molecule has 40 heavy (non-hydrogen) atoms. The van der Waals surface area contributed by atoms with E-state index in [0.29, 0.717) is 81.0 Å². The van der Waals surface area contributed by atoms with Gasteiger partial charge in [0.15, 0.2) is 11.5 Å². The minimum absolute atomic E-state index is 0.124. The molecule has 13 nitrogen and oxygen atoms in total. The van der Waals surface area contributed by atoms with Gasteiger partial charge in [-0.15, -0.1) is 0 Å². The molecule has 1 amide bonds. The lowest BCUT2D eigenvalue weighted by Gasteiger charge is -2.13. The maximum atomic E-state index is 12.4. The molecule has 0 atom stereocenters. The summed E-state index contributed by atoms with van der Waals surface area (Å²) in [6.45, 7) is 7.36. The van der Waals surface area contributed by atoms with E-state index in [9.17, 15) is 4.79 Å². The first kappa shape index (κ1) is 28.8. The highest BCUT2D eigenvalue weighted by molar-refractivity contribution is 5.94. The number of carbonyl (C=O) groups excluding carboxylic acids is 1. The minimum atomic E-state index is -0.189. The Morgan fingerprint density at radius 2 is 1.70 bits per heavy atom. The van der Waals surface area contributed by atoms with Crippen molar-refractivity contribution in [1.82, 2.24) is 20.3 Å². The molecule has 214 valence electrons. The zero-order chi connectivity index (χ0) is 28.2. The average molecular weight is 553 g/mol. The van der Waals surface area contributed by atoms with E-state index in [1.165, 1.54) is 0 Å². The molecule has 1 aliphatic heterocycles. The number of fused-ring (bicyclic) bond motifs is 1. The predicted molar refractivity (Wildman–Crippen MR) is 151 cm³/mol. The lowest BCUT2D eigenvalue weighted by atomic mass is 10.2. The topological polar surface area (TPSA) is 167 Å². The molecule has 1 aliphatic rings. The standard InChI is InChI=1S/C27H36N8O5/c1-18(2)31-26-33-25(30-16-20-4-3-5-22-23(20)40-17-39-22)34-27(35-26)32-21-8-6-19(7-9-21)24(36)29-11-13-38-15-14-37-12-10-28/h3-9,18H,10-17,28H2,1-2H3,(H,29,36)(H3,30,31,32,33,34,35). The maximum absolute atomic E-state index is 12.4. The van der Waals surface area contributed by atoms with Crippen LogP contribution in [-0.2, 0) is 16.0 Å². The van der Waals surface area contributed by atoms with Gasteiger partial charge in [-0.3, -0.25) is 4.79 Å². The van der Waals surface area contributed by atoms with E-state index in [4.69, 9.17) is 24.7 Å². The number of hydrogen-bond acceptors (Lipinski definition) is 12. The maximum Gasteiger partial charge on any atom is 0.251 e. The first-order valence-corrected chi connectivity index (χ1v) is 13.2. The highest BCUT2D eigenvalue weighted by Gasteiger charge is 2.17. The lowest BCUT2D eigenvalue weighted by molar-refractivity contribution is 0.0511. The third kappa shape index (κ3) is 8.66. The van der Waals surface area contributed by atoms with Crippen LogP contribution in [0.3, 0.4) is 0 Å². The van der Waals surface area contributed by atoms with Crippen LogP contribution in [0.25, 0.3) is 0 Å². The van der Waals surface area contributed by atoms with Gasteiger partial charge in [0.25, 0.3) is 5.91 Å². The Labute approximate surface area is 233 Å². The van der Waals surface area contributed by atoms with Crippen LogP contribution in [0.1, 0.15) is 29.8 Å². The van der Waals surface area contributed by atoms with Gasteiger partial charge in [-0.05, 0) is 44.2 Å². The van der Waals surface area contributed by atoms with Crippen LogP contribution in [0, 0.1) is 0 Å². The number of nitrogens with one attached hydrogen (secondary N) is 4. The van der Waals surface area contributed by atoms with Crippen molar-refractivity contribution in [2.45, 2.75) is 26.4 Å². The second-order valence-electron chi connectivity index (χ2n) is 9.08. The largest absolute Gasteiger partial charge is 0.454 e. The zero-order valence-corrected chi connectivity index (χ0v) is 22.7. The van der Waals surface area contributed by atoms with E-state index in [1.54, 1.807) is 24.3 Å². The smallest absolute Gasteiger partial charge is 0.251 e. The molecule has 0 aliphatic carbocycles. The summed E-state index contributed by atoms with van der Waals surface area (Å²) in [5, 5.41) is 12.5. The summed E-state index contributed by atoms with van der Waals surface area (Å²) in [7, 11) is 0. The number of nitrogens with zero attached hydrogens (tertiary/aromatic N) is 3. The number of hydrogen-bond donors (Lipinski definition) is 5. The zero-order valence-electron chi connectivity index (χ0n) is 22.7. The Morgan fingerprint density at radius 3 is 2.48 bits per heavy atom. The van der Waals surface area contributed by atoms with E-state index >= 15 is 0 Å². The SMILES string of the molecule is CC(C)Nc1nc(NCc2cccc3c2OCO3)nc(Nc2ccc(C(=O)NCCOCCOCCN)cc2)n1. The summed E-state index contributed by atoms with van der Waals surface area (Å²) in [4.78, 5) is 25.9. The average Bonchev–Trinajstić information content (AvgIpc) is 3.43. The van der Waals surface area contributed by atoms with Gasteiger partial charge in [-0.2, -0.15) is 15.0 Å². The molecule has 0 bridgehead atoms. The minimum Gasteiger partial charge on any atom is -0.454 e. The number of nitrogens with two attached hydrogens (primary N) is 1. The summed E-state index contributed by atoms with van der Waals surface area (Å²) < 4.78 is 21.7. The Morgan fingerprint density at radius 1 is 0.950 bits per heavy atom. The van der Waals surface area contributed by atoms with Crippen LogP contribution >= 0.6 is 0 Å². The van der Waals surface area contributed by atoms with Crippen molar-refractivity contribution in [3.05, 3.63) is 53.6 Å². The number of benzene rings is 2. The fourth-order valence-corrected chi connectivity index (χ4v) is 3.72. The molecule has 4 rings (SSSR count). The Balaban J connectivity index is 1.33. The van der Waals surface area contributed by atoms with Gasteiger partial charge in [0, 0.05) is 42.5 Å². The lowest BCUT2D eigenvalue weighted by Crippen LogP contribution is -2.27. The van der Waals surface area contributed by atoms with Gasteiger partial charge in [0.1, 0.15) is 0 Å². The Hall–Kier alpha value is -4.20. The second-order valence-corrected chi connectivity index (χ2v) is 9.08. The molecule has 0 unspecified atom stereocenters. The molecule has 0 radical (unpaired) electrons. The number of anilines is 4. The number of aromatic nitrogens is 3. The summed E-state index contributed by atoms with van der Waals surface area (Å²) in [6, 6.07) is 12.9. The number of amides is 1. The van der Waals surface area contributed by atoms with E-state index in [1.807, 2.05) is 32.0 Å². The first-order chi connectivity index (χ1) is 19.5. The molecule has 0 spiro atoms. The van der Waals surface area contributed by atoms with Gasteiger partial charge in [0.05, 0.1) is 26.4 Å². The van der Waals surface area contributed by atoms with Crippen LogP contribution < -0.4 is 36.5 Å². The first-order valence-electron chi connectivity index (χ1n) is 13.2. The fourth-order valence-electron chi connectivity index (χ4n) is 3.72. The van der Waals surface area contributed by atoms with Crippen molar-refractivity contribution >= 4 is 29.4 Å². The molecule has 2 aromatic carbocycles. The third-order valence-electron chi connectivity index (χ3n) is 5.54. The molecule has 0 saturated heterocycles. The van der Waals surface area contributed by atoms with Crippen LogP contribution in [0.2, 0.25) is 0 Å². The monoisotopic (exact) mass is 552 g/mol. The van der Waals surface area contributed by atoms with Crippen molar-refractivity contribution < 1.29 is 23.7 Å². The van der Waals surface area contributed by atoms with Gasteiger partial charge < -0.3 is 45.9 Å². The molecule has 1 aromatic heterocycles. The Kier molecular flexibility index (Phi) is 10.7. The van der Waals surface area contributed by atoms with Gasteiger partial charge in [-0.25, -0.2) is 0 Å². The van der Waals surface area contributed by atoms with Crippen molar-refractivity contribution in [3.8, 4) is 11.5 Å². The van der Waals surface area contributed by atoms with Gasteiger partial charge in [0.2, 0.25) is 24.6 Å². The summed E-state index contributed by atoms with van der Waals surface area (Å²) in [6.07, 6.45) is 0. The van der Waals surface area contributed by atoms with Crippen LogP contribution in [-0.4, -0.2) is 73.2 Å². The molecule has 13 heteroatoms. The molecule has 3 aromatic rings. The van der Waals surface area contributed by atoms with Crippen LogP contribution in [0.15, 0.2) is 42.5 Å². The summed E-state index contributed by atoms with van der Waals surface area (Å²) in [5.41, 5.74) is 7.54. The quantitative estimate of drug-likeness (QED) is 0.165. The van der Waals surface area contributed by atoms with Gasteiger partial charge in [-0.1, -0.05) is 12.1 Å². The Bertz CT molecular complexity index is 1240. The van der Waals surface area contributed by atoms with Crippen molar-refractivity contribution in [2.75, 3.05) is 62.3 Å². The summed E-state index contributed by atoms with van der Waals surface area (Å²) >= 11 is 0. The molecular weight excluding hydrogens is 516 g/mol. The van der Waals surface area contributed by atoms with E-state index in [0.717, 1.165) is 11.3 Å². The normalized spacial score (nSPS) is 11.9. The molecule has 0 saturated carbocycles. The van der Waals surface area contributed by atoms with E-state index in [2.05, 4.69) is 36.2 Å². The highest BCUT2D eigenvalue weighted by atomic mass is 16.7. The number of para-hydroxylation sites is 1. The molecule has 2 heterocycles. The molecule has 0 fully saturated rings. The predicted octanol–water partition coefficient (Wildman–Crippen LogP) is 2.50. The van der Waals surface area contributed by atoms with Crippen LogP contribution in [0.4, 0.5) is 23.5 Å². The van der Waals surface area contributed by atoms with E-state index < -0.39 is 0 Å². The van der Waals surface area contributed by atoms with E-state index in [-0.39, 0.29) is 18.7 Å². The number of ether oxygens (including phenoxy) is 4. The summed E-state index contributed by atoms with van der Waals surface area (Å²) in [5.74, 6) is 2.41. The molecular formula is C27H36N8O5. The second kappa shape index (κ2) is 14.8. The number of carbonyl (C=O) groups is 1. The van der Waals surface area contributed by atoms with Crippen molar-refractivity contribution in [2.24, 2.45) is 5.73 Å². The fraction of sp³-hybridized carbons (Fsp3) is 0.407. The third-order valence-corrected chi connectivity index (χ3v) is 5.54.